The summed E-state index contributed by atoms with van der Waals surface area (Å²) in [6, 6.07) is 3.16. The van der Waals surface area contributed by atoms with Gasteiger partial charge in [-0.3, -0.25) is 9.80 Å². The van der Waals surface area contributed by atoms with Gasteiger partial charge in [0.25, 0.3) is 0 Å². The quantitative estimate of drug-likeness (QED) is 0.102. The normalized spacial score (nSPS) is 14.0. The molecule has 4 aromatic heterocycles. The van der Waals surface area contributed by atoms with Crippen LogP contribution in [0.1, 0.15) is 62.3 Å². The summed E-state index contributed by atoms with van der Waals surface area (Å²) in [5.74, 6) is -1.000. The molecule has 2 aliphatic rings. The number of nitrogens with zero attached hydrogens (tertiary/aromatic N) is 12. The van der Waals surface area contributed by atoms with E-state index in [2.05, 4.69) is 62.3 Å². The van der Waals surface area contributed by atoms with E-state index in [1.165, 1.54) is 35.4 Å². The molecule has 0 saturated carbocycles. The molecule has 29 heteroatoms. The summed E-state index contributed by atoms with van der Waals surface area (Å²) in [5, 5.41) is 35.7. The summed E-state index contributed by atoms with van der Waals surface area (Å²) in [6.07, 6.45) is -0.993. The molecule has 0 aliphatic carbocycles. The molecular formula is C40H51BrN14O12S2. The van der Waals surface area contributed by atoms with Crippen molar-refractivity contribution < 1.29 is 56.9 Å². The highest BCUT2D eigenvalue weighted by atomic mass is 79.9. The Balaban J connectivity index is 0.000000189. The molecule has 0 atom stereocenters. The van der Waals surface area contributed by atoms with Crippen molar-refractivity contribution in [1.29, 1.82) is 0 Å². The lowest BCUT2D eigenvalue weighted by molar-refractivity contribution is 0.0578. The molecule has 6 aromatic rings. The van der Waals surface area contributed by atoms with Crippen LogP contribution in [-0.4, -0.2) is 157 Å². The van der Waals surface area contributed by atoms with Crippen molar-refractivity contribution in [2.45, 2.75) is 52.7 Å². The maximum absolute atomic E-state index is 12.7. The van der Waals surface area contributed by atoms with Crippen LogP contribution in [0.3, 0.4) is 0 Å². The minimum absolute atomic E-state index is 0.297. The Hall–Kier alpha value is -6.56. The number of fused-ring (bicyclic) bond motifs is 2. The summed E-state index contributed by atoms with van der Waals surface area (Å²) in [6.45, 7) is 15.4. The molecule has 26 nitrogen and oxygen atoms in total. The van der Waals surface area contributed by atoms with E-state index in [1.54, 1.807) is 47.0 Å². The summed E-state index contributed by atoms with van der Waals surface area (Å²) in [5.41, 5.74) is 9.06. The largest absolute Gasteiger partial charge is 0.465 e. The number of esters is 2. The Bertz CT molecular complexity index is 2760. The van der Waals surface area contributed by atoms with Gasteiger partial charge in [-0.1, -0.05) is 22.7 Å². The van der Waals surface area contributed by atoms with E-state index in [1.807, 2.05) is 30.6 Å². The first-order chi connectivity index (χ1) is 32.7. The number of nitrogens with one attached hydrogen (secondary N) is 1. The Labute approximate surface area is 410 Å². The molecule has 0 spiro atoms. The van der Waals surface area contributed by atoms with Crippen molar-refractivity contribution in [2.75, 3.05) is 112 Å². The van der Waals surface area contributed by atoms with Crippen LogP contribution in [0.25, 0.3) is 22.1 Å². The molecule has 2 fully saturated rings. The number of carbonyl (C=O) groups excluding carboxylic acids is 4. The second-order valence-electron chi connectivity index (χ2n) is 16.7. The molecule has 372 valence electrons. The molecule has 3 N–H and O–H groups in total. The number of halogens is 1. The zero-order valence-electron chi connectivity index (χ0n) is 39.3. The first kappa shape index (κ1) is 51.8. The van der Waals surface area contributed by atoms with E-state index >= 15 is 0 Å². The monoisotopic (exact) mass is 1060 g/mol. The van der Waals surface area contributed by atoms with Crippen LogP contribution in [0.5, 0.6) is 0 Å². The molecule has 2 amide bonds. The van der Waals surface area contributed by atoms with Crippen molar-refractivity contribution in [3.8, 4) is 0 Å². The Kier molecular flexibility index (Phi) is 16.7. The highest BCUT2D eigenvalue weighted by molar-refractivity contribution is 9.11. The first-order valence-corrected chi connectivity index (χ1v) is 23.3. The number of hydrogen-bond acceptors (Lipinski definition) is 26. The summed E-state index contributed by atoms with van der Waals surface area (Å²) in [7, 11) is 5.78. The zero-order chi connectivity index (χ0) is 50.2. The maximum Gasteiger partial charge on any atom is 0.416 e. The second-order valence-corrected chi connectivity index (χ2v) is 19.9. The Morgan fingerprint density at radius 1 is 0.667 bits per heavy atom. The number of carbonyl (C=O) groups is 4. The van der Waals surface area contributed by atoms with Crippen LogP contribution in [-0.2, 0) is 28.4 Å². The van der Waals surface area contributed by atoms with Gasteiger partial charge in [0.1, 0.15) is 11.2 Å². The highest BCUT2D eigenvalue weighted by Gasteiger charge is 2.30. The Morgan fingerprint density at radius 3 is 1.57 bits per heavy atom. The van der Waals surface area contributed by atoms with Gasteiger partial charge >= 0.3 is 24.1 Å². The molecule has 8 rings (SSSR count). The lowest BCUT2D eigenvalue weighted by atomic mass is 10.1. The predicted molar refractivity (Wildman–Crippen MR) is 257 cm³/mol. The SMILES string of the molecule is CN(C(=O)OC(C)(C)C)c1nnc(Br)s1.COC(=O)c1cc(N)c2nonc2c1N1CCOCC1.COC(=O)c1cc(Nc2nnc(N(C)C(=O)OC(C)(C)C)s2)c2nonc2c1N1CCOCC1. The van der Waals surface area contributed by atoms with Gasteiger partial charge in [-0.25, -0.2) is 28.4 Å². The van der Waals surface area contributed by atoms with Gasteiger partial charge in [-0.2, -0.15) is 0 Å². The lowest BCUT2D eigenvalue weighted by Gasteiger charge is -2.30. The van der Waals surface area contributed by atoms with E-state index in [0.29, 0.717) is 128 Å². The van der Waals surface area contributed by atoms with Gasteiger partial charge in [0, 0.05) is 40.3 Å². The third-order valence-electron chi connectivity index (χ3n) is 9.47. The second kappa shape index (κ2) is 22.2. The molecule has 2 aliphatic heterocycles. The van der Waals surface area contributed by atoms with E-state index in [-0.39, 0.29) is 0 Å². The number of ether oxygens (including phenoxy) is 6. The number of hydrogen-bond donors (Lipinski definition) is 2. The highest BCUT2D eigenvalue weighted by Crippen LogP contribution is 2.38. The van der Waals surface area contributed by atoms with E-state index in [0.717, 1.165) is 11.3 Å². The fraction of sp³-hybridized carbons (Fsp3) is 0.500. The fourth-order valence-corrected chi connectivity index (χ4v) is 8.14. The lowest BCUT2D eigenvalue weighted by Crippen LogP contribution is -2.37. The molecule has 0 unspecified atom stereocenters. The fourth-order valence-electron chi connectivity index (χ4n) is 6.39. The van der Waals surface area contributed by atoms with E-state index in [4.69, 9.17) is 43.4 Å². The van der Waals surface area contributed by atoms with Gasteiger partial charge in [0.05, 0.1) is 74.5 Å². The van der Waals surface area contributed by atoms with Gasteiger partial charge < -0.3 is 49.3 Å². The average Bonchev–Trinajstić information content (AvgIpc) is 4.17. The smallest absolute Gasteiger partial charge is 0.416 e. The number of methoxy groups -OCH3 is 2. The third-order valence-corrected chi connectivity index (χ3v) is 11.8. The molecule has 6 heterocycles. The number of nitrogens with two attached hydrogens (primary N) is 1. The zero-order valence-corrected chi connectivity index (χ0v) is 42.6. The topological polar surface area (TPSA) is 304 Å². The van der Waals surface area contributed by atoms with Crippen LogP contribution in [0, 0.1) is 0 Å². The summed E-state index contributed by atoms with van der Waals surface area (Å²) < 4.78 is 41.5. The molecule has 0 bridgehead atoms. The summed E-state index contributed by atoms with van der Waals surface area (Å²) in [4.78, 5) is 55.2. The van der Waals surface area contributed by atoms with Gasteiger partial charge in [-0.05, 0) is 90.2 Å². The van der Waals surface area contributed by atoms with E-state index < -0.39 is 35.3 Å². The Morgan fingerprint density at radius 2 is 1.10 bits per heavy atom. The molecule has 69 heavy (non-hydrogen) atoms. The van der Waals surface area contributed by atoms with Gasteiger partial charge in [0.2, 0.25) is 15.4 Å². The molecule has 2 saturated heterocycles. The summed E-state index contributed by atoms with van der Waals surface area (Å²) >= 11 is 5.57. The average molecular weight is 1060 g/mol. The molecule has 2 aromatic carbocycles. The first-order valence-electron chi connectivity index (χ1n) is 20.9. The van der Waals surface area contributed by atoms with Crippen molar-refractivity contribution in [3.63, 3.8) is 0 Å². The van der Waals surface area contributed by atoms with E-state index in [9.17, 15) is 19.2 Å². The standard InChI is InChI=1S/C20H25N7O6S.C12H14N4O4.C8H12BrN3O2S/c1-20(2,3)32-19(29)26(4)18-23-22-17(34-18)21-12-10-11(16(28)30-5)15(14-13(12)24-33-25-14)27-6-8-31-9-7-27;1-18-12(17)7-6-8(13)9-10(15-20-14-9)11(7)16-2-4-19-5-3-16;1-8(2,3)14-7(13)12(4)6-11-10-5(9)15-6/h10H,6-9H2,1-5H3,(H,21,22);6H,2-5,13H2,1H3;1-4H3. The number of aromatic nitrogens is 8. The molecule has 0 radical (unpaired) electrons. The number of amides is 2. The maximum atomic E-state index is 12.7. The molecular weight excluding hydrogens is 1010 g/mol. The van der Waals surface area contributed by atoms with Crippen LogP contribution in [0.2, 0.25) is 0 Å². The number of anilines is 7. The van der Waals surface area contributed by atoms with Crippen LogP contribution in [0.4, 0.5) is 47.7 Å². The number of rotatable bonds is 8. The minimum Gasteiger partial charge on any atom is -0.465 e. The predicted octanol–water partition coefficient (Wildman–Crippen LogP) is 5.91. The van der Waals surface area contributed by atoms with Crippen molar-refractivity contribution in [3.05, 3.63) is 27.2 Å². The van der Waals surface area contributed by atoms with Gasteiger partial charge in [0.15, 0.2) is 26.0 Å². The number of benzene rings is 2. The number of nitrogen functional groups attached to an aromatic ring is 1. The van der Waals surface area contributed by atoms with Crippen LogP contribution < -0.4 is 30.7 Å². The van der Waals surface area contributed by atoms with Crippen LogP contribution >= 0.6 is 38.6 Å². The van der Waals surface area contributed by atoms with Crippen LogP contribution in [0.15, 0.2) is 25.3 Å². The minimum atomic E-state index is -0.644. The van der Waals surface area contributed by atoms with Crippen molar-refractivity contribution >= 4 is 123 Å². The van der Waals surface area contributed by atoms with Gasteiger partial charge in [-0.15, -0.1) is 20.4 Å². The van der Waals surface area contributed by atoms with Crippen molar-refractivity contribution in [2.24, 2.45) is 0 Å². The number of morpholine rings is 2. The third kappa shape index (κ3) is 13.0. The van der Waals surface area contributed by atoms with Crippen molar-refractivity contribution in [1.82, 2.24) is 41.0 Å².